The van der Waals surface area contributed by atoms with Crippen LogP contribution in [0.15, 0.2) is 24.3 Å². The molecule has 0 aromatic heterocycles. The minimum atomic E-state index is -0.251. The number of hydrogen-bond acceptors (Lipinski definition) is 2. The van der Waals surface area contributed by atoms with Crippen LogP contribution in [0, 0.1) is 0 Å². The lowest BCUT2D eigenvalue weighted by Crippen LogP contribution is -2.50. The number of hydrogen-bond donors (Lipinski definition) is 0. The second-order valence-electron chi connectivity index (χ2n) is 7.16. The first-order valence-electron chi connectivity index (χ1n) is 7.23. The Bertz CT molecular complexity index is 483. The van der Waals surface area contributed by atoms with E-state index in [-0.39, 0.29) is 16.9 Å². The van der Waals surface area contributed by atoms with Gasteiger partial charge in [-0.25, -0.2) is 0 Å². The molecule has 1 heterocycles. The molecule has 0 bridgehead atoms. The normalized spacial score (nSPS) is 18.9. The molecule has 20 heavy (non-hydrogen) atoms. The topological polar surface area (TPSA) is 29.5 Å². The Balaban J connectivity index is 2.13. The van der Waals surface area contributed by atoms with Crippen LogP contribution in [-0.4, -0.2) is 36.1 Å². The van der Waals surface area contributed by atoms with Crippen molar-refractivity contribution in [2.45, 2.75) is 45.6 Å². The molecule has 1 fully saturated rings. The Morgan fingerprint density at radius 1 is 1.20 bits per heavy atom. The quantitative estimate of drug-likeness (QED) is 0.787. The predicted octanol–water partition coefficient (Wildman–Crippen LogP) is 3.24. The summed E-state index contributed by atoms with van der Waals surface area (Å²) in [5, 5.41) is 0. The van der Waals surface area contributed by atoms with Crippen molar-refractivity contribution in [3.05, 3.63) is 35.4 Å². The average molecular weight is 275 g/mol. The number of carbonyl (C=O) groups excluding carboxylic acids is 1. The zero-order chi connectivity index (χ0) is 15.0. The van der Waals surface area contributed by atoms with Gasteiger partial charge in [-0.15, -0.1) is 0 Å². The first-order chi connectivity index (χ1) is 9.19. The highest BCUT2D eigenvalue weighted by Gasteiger charge is 2.30. The molecular weight excluding hydrogens is 250 g/mol. The van der Waals surface area contributed by atoms with Gasteiger partial charge in [0.1, 0.15) is 0 Å². The third-order valence-corrected chi connectivity index (χ3v) is 3.71. The maximum Gasteiger partial charge on any atom is 0.254 e. The molecule has 3 heteroatoms. The Hall–Kier alpha value is -1.35. The van der Waals surface area contributed by atoms with Crippen molar-refractivity contribution in [1.82, 2.24) is 4.90 Å². The van der Waals surface area contributed by atoms with E-state index in [0.29, 0.717) is 19.7 Å². The van der Waals surface area contributed by atoms with Crippen molar-refractivity contribution >= 4 is 5.91 Å². The van der Waals surface area contributed by atoms with Crippen LogP contribution in [0.3, 0.4) is 0 Å². The van der Waals surface area contributed by atoms with Crippen LogP contribution in [0.2, 0.25) is 0 Å². The predicted molar refractivity (Wildman–Crippen MR) is 81.1 cm³/mol. The smallest absolute Gasteiger partial charge is 0.254 e. The summed E-state index contributed by atoms with van der Waals surface area (Å²) >= 11 is 0. The molecule has 0 unspecified atom stereocenters. The van der Waals surface area contributed by atoms with Crippen LogP contribution in [0.4, 0.5) is 0 Å². The number of carbonyl (C=O) groups is 1. The molecule has 2 rings (SSSR count). The van der Waals surface area contributed by atoms with Crippen molar-refractivity contribution in [2.24, 2.45) is 0 Å². The summed E-state index contributed by atoms with van der Waals surface area (Å²) in [6.45, 7) is 12.5. The molecule has 1 aliphatic heterocycles. The van der Waals surface area contributed by atoms with Gasteiger partial charge in [-0.1, -0.05) is 32.9 Å². The van der Waals surface area contributed by atoms with Crippen molar-refractivity contribution in [3.63, 3.8) is 0 Å². The maximum absolute atomic E-state index is 12.5. The van der Waals surface area contributed by atoms with Crippen LogP contribution >= 0.6 is 0 Å². The highest BCUT2D eigenvalue weighted by Crippen LogP contribution is 2.23. The monoisotopic (exact) mass is 275 g/mol. The highest BCUT2D eigenvalue weighted by molar-refractivity contribution is 5.94. The SMILES string of the molecule is CC1(C)CN(C(=O)c2ccc(C(C)(C)C)cc2)CCO1. The lowest BCUT2D eigenvalue weighted by Gasteiger charge is -2.38. The zero-order valence-electron chi connectivity index (χ0n) is 13.2. The van der Waals surface area contributed by atoms with Gasteiger partial charge in [0.05, 0.1) is 12.2 Å². The first-order valence-corrected chi connectivity index (χ1v) is 7.23. The summed E-state index contributed by atoms with van der Waals surface area (Å²) in [5.41, 5.74) is 1.87. The largest absolute Gasteiger partial charge is 0.372 e. The first kappa shape index (κ1) is 15.0. The van der Waals surface area contributed by atoms with Gasteiger partial charge in [-0.2, -0.15) is 0 Å². The van der Waals surface area contributed by atoms with Gasteiger partial charge in [0.15, 0.2) is 0 Å². The van der Waals surface area contributed by atoms with Gasteiger partial charge in [-0.05, 0) is 37.0 Å². The van der Waals surface area contributed by atoms with Crippen molar-refractivity contribution in [1.29, 1.82) is 0 Å². The van der Waals surface area contributed by atoms with E-state index in [4.69, 9.17) is 4.74 Å². The number of rotatable bonds is 1. The van der Waals surface area contributed by atoms with Crippen molar-refractivity contribution < 1.29 is 9.53 Å². The van der Waals surface area contributed by atoms with E-state index in [1.165, 1.54) is 5.56 Å². The van der Waals surface area contributed by atoms with Crippen LogP contribution in [-0.2, 0) is 10.2 Å². The molecule has 0 N–H and O–H groups in total. The number of ether oxygens (including phenoxy) is 1. The van der Waals surface area contributed by atoms with Gasteiger partial charge in [0.2, 0.25) is 0 Å². The van der Waals surface area contributed by atoms with Gasteiger partial charge in [0.25, 0.3) is 5.91 Å². The Morgan fingerprint density at radius 2 is 1.80 bits per heavy atom. The third kappa shape index (κ3) is 3.40. The van der Waals surface area contributed by atoms with Crippen molar-refractivity contribution in [3.8, 4) is 0 Å². The molecular formula is C17H25NO2. The molecule has 0 saturated carbocycles. The summed E-state index contributed by atoms with van der Waals surface area (Å²) in [6.07, 6.45) is 0. The summed E-state index contributed by atoms with van der Waals surface area (Å²) in [6, 6.07) is 7.98. The Kier molecular flexibility index (Phi) is 3.92. The molecule has 110 valence electrons. The fourth-order valence-corrected chi connectivity index (χ4v) is 2.49. The standard InChI is InChI=1S/C17H25NO2/c1-16(2,3)14-8-6-13(7-9-14)15(19)18-10-11-20-17(4,5)12-18/h6-9H,10-12H2,1-5H3. The van der Waals surface area contributed by atoms with E-state index in [9.17, 15) is 4.79 Å². The lowest BCUT2D eigenvalue weighted by molar-refractivity contribution is -0.0764. The number of benzene rings is 1. The van der Waals surface area contributed by atoms with E-state index in [1.807, 2.05) is 30.9 Å². The molecule has 1 saturated heterocycles. The van der Waals surface area contributed by atoms with Crippen LogP contribution < -0.4 is 0 Å². The van der Waals surface area contributed by atoms with Gasteiger partial charge in [-0.3, -0.25) is 4.79 Å². The molecule has 1 aromatic carbocycles. The third-order valence-electron chi connectivity index (χ3n) is 3.71. The minimum absolute atomic E-state index is 0.0989. The maximum atomic E-state index is 12.5. The van der Waals surface area contributed by atoms with Gasteiger partial charge in [0, 0.05) is 18.7 Å². The Morgan fingerprint density at radius 3 is 2.30 bits per heavy atom. The van der Waals surface area contributed by atoms with E-state index >= 15 is 0 Å². The lowest BCUT2D eigenvalue weighted by atomic mass is 9.86. The fourth-order valence-electron chi connectivity index (χ4n) is 2.49. The molecule has 0 spiro atoms. The summed E-state index contributed by atoms with van der Waals surface area (Å²) in [4.78, 5) is 14.4. The van der Waals surface area contributed by atoms with Crippen LogP contribution in [0.5, 0.6) is 0 Å². The fraction of sp³-hybridized carbons (Fsp3) is 0.588. The summed E-state index contributed by atoms with van der Waals surface area (Å²) < 4.78 is 5.65. The molecule has 0 aliphatic carbocycles. The summed E-state index contributed by atoms with van der Waals surface area (Å²) in [5.74, 6) is 0.0989. The van der Waals surface area contributed by atoms with E-state index in [0.717, 1.165) is 5.56 Å². The summed E-state index contributed by atoms with van der Waals surface area (Å²) in [7, 11) is 0. The molecule has 1 aromatic rings. The zero-order valence-corrected chi connectivity index (χ0v) is 13.2. The molecule has 1 amide bonds. The second-order valence-corrected chi connectivity index (χ2v) is 7.16. The number of amides is 1. The van der Waals surface area contributed by atoms with Crippen LogP contribution in [0.1, 0.15) is 50.5 Å². The van der Waals surface area contributed by atoms with Gasteiger partial charge < -0.3 is 9.64 Å². The second kappa shape index (κ2) is 5.21. The van der Waals surface area contributed by atoms with E-state index < -0.39 is 0 Å². The Labute approximate surface area is 121 Å². The minimum Gasteiger partial charge on any atom is -0.372 e. The van der Waals surface area contributed by atoms with E-state index in [2.05, 4.69) is 32.9 Å². The molecule has 1 aliphatic rings. The van der Waals surface area contributed by atoms with Crippen LogP contribution in [0.25, 0.3) is 0 Å². The molecule has 0 radical (unpaired) electrons. The number of nitrogens with zero attached hydrogens (tertiary/aromatic N) is 1. The molecule has 3 nitrogen and oxygen atoms in total. The van der Waals surface area contributed by atoms with Crippen molar-refractivity contribution in [2.75, 3.05) is 19.7 Å². The average Bonchev–Trinajstić information content (AvgIpc) is 2.36. The van der Waals surface area contributed by atoms with E-state index in [1.54, 1.807) is 0 Å². The number of morpholine rings is 1. The van der Waals surface area contributed by atoms with Gasteiger partial charge >= 0.3 is 0 Å². The highest BCUT2D eigenvalue weighted by atomic mass is 16.5. The molecule has 0 atom stereocenters.